The molecule has 0 aliphatic heterocycles. The topological polar surface area (TPSA) is 102 Å². The number of anilines is 1. The molecule has 1 N–H and O–H groups in total. The normalized spacial score (nSPS) is 11.6. The summed E-state index contributed by atoms with van der Waals surface area (Å²) in [6.45, 7) is 8.35. The SMILES string of the molecule is CCN(CC)S(=O)(=O)c1ccc(OC)c(NC(=O)CCc2ncc(-c3ccc(C)c(C)c3)o2)c1. The van der Waals surface area contributed by atoms with Crippen molar-refractivity contribution in [2.24, 2.45) is 0 Å². The highest BCUT2D eigenvalue weighted by Gasteiger charge is 2.23. The molecular weight excluding hydrogens is 454 g/mol. The Morgan fingerprint density at radius 2 is 1.82 bits per heavy atom. The fraction of sp³-hybridized carbons (Fsp3) is 0.360. The molecule has 2 aromatic carbocycles. The van der Waals surface area contributed by atoms with Gasteiger partial charge in [-0.3, -0.25) is 4.79 Å². The van der Waals surface area contributed by atoms with E-state index in [1.807, 2.05) is 32.0 Å². The van der Waals surface area contributed by atoms with Crippen LogP contribution in [0.1, 0.15) is 37.3 Å². The summed E-state index contributed by atoms with van der Waals surface area (Å²) >= 11 is 0. The van der Waals surface area contributed by atoms with Gasteiger partial charge in [0.05, 0.1) is 23.9 Å². The number of aryl methyl sites for hydroxylation is 3. The number of methoxy groups -OCH3 is 1. The summed E-state index contributed by atoms with van der Waals surface area (Å²) in [5.41, 5.74) is 3.59. The van der Waals surface area contributed by atoms with Gasteiger partial charge in [0.25, 0.3) is 0 Å². The monoisotopic (exact) mass is 485 g/mol. The van der Waals surface area contributed by atoms with Gasteiger partial charge in [-0.25, -0.2) is 13.4 Å². The molecule has 0 fully saturated rings. The molecule has 1 heterocycles. The number of carbonyl (C=O) groups excluding carboxylic acids is 1. The number of carbonyl (C=O) groups is 1. The fourth-order valence-corrected chi connectivity index (χ4v) is 5.03. The van der Waals surface area contributed by atoms with Gasteiger partial charge in [-0.2, -0.15) is 4.31 Å². The predicted molar refractivity (Wildman–Crippen MR) is 131 cm³/mol. The van der Waals surface area contributed by atoms with E-state index in [9.17, 15) is 13.2 Å². The van der Waals surface area contributed by atoms with Gasteiger partial charge in [-0.15, -0.1) is 0 Å². The fourth-order valence-electron chi connectivity index (χ4n) is 3.54. The molecule has 0 aliphatic carbocycles. The van der Waals surface area contributed by atoms with Crippen LogP contribution in [0.25, 0.3) is 11.3 Å². The van der Waals surface area contributed by atoms with Gasteiger partial charge in [0.15, 0.2) is 11.7 Å². The highest BCUT2D eigenvalue weighted by atomic mass is 32.2. The minimum absolute atomic E-state index is 0.0954. The second-order valence-electron chi connectivity index (χ2n) is 7.92. The molecule has 34 heavy (non-hydrogen) atoms. The summed E-state index contributed by atoms with van der Waals surface area (Å²) in [7, 11) is -2.20. The minimum Gasteiger partial charge on any atom is -0.495 e. The van der Waals surface area contributed by atoms with E-state index in [0.717, 1.165) is 11.1 Å². The summed E-state index contributed by atoms with van der Waals surface area (Å²) in [5, 5.41) is 2.75. The molecule has 9 heteroatoms. The van der Waals surface area contributed by atoms with E-state index in [1.54, 1.807) is 20.0 Å². The van der Waals surface area contributed by atoms with Crippen LogP contribution in [0.4, 0.5) is 5.69 Å². The number of rotatable bonds is 10. The summed E-state index contributed by atoms with van der Waals surface area (Å²) in [6, 6.07) is 10.5. The molecule has 1 aromatic heterocycles. The van der Waals surface area contributed by atoms with Crippen LogP contribution >= 0.6 is 0 Å². The zero-order valence-corrected chi connectivity index (χ0v) is 21.0. The maximum Gasteiger partial charge on any atom is 0.243 e. The minimum atomic E-state index is -3.67. The number of hydrogen-bond acceptors (Lipinski definition) is 6. The van der Waals surface area contributed by atoms with Crippen molar-refractivity contribution in [3.05, 3.63) is 59.6 Å². The average molecular weight is 486 g/mol. The molecule has 0 saturated carbocycles. The molecule has 0 radical (unpaired) electrons. The number of hydrogen-bond donors (Lipinski definition) is 1. The first kappa shape index (κ1) is 25.5. The van der Waals surface area contributed by atoms with E-state index in [2.05, 4.69) is 10.3 Å². The summed E-state index contributed by atoms with van der Waals surface area (Å²) < 4.78 is 38.2. The highest BCUT2D eigenvalue weighted by Crippen LogP contribution is 2.29. The lowest BCUT2D eigenvalue weighted by molar-refractivity contribution is -0.116. The number of benzene rings is 2. The third-order valence-corrected chi connectivity index (χ3v) is 7.75. The Morgan fingerprint density at radius 1 is 1.09 bits per heavy atom. The number of sulfonamides is 1. The van der Waals surface area contributed by atoms with E-state index in [-0.39, 0.29) is 17.2 Å². The third-order valence-electron chi connectivity index (χ3n) is 5.70. The lowest BCUT2D eigenvalue weighted by Crippen LogP contribution is -2.30. The van der Waals surface area contributed by atoms with Gasteiger partial charge in [0.2, 0.25) is 15.9 Å². The smallest absolute Gasteiger partial charge is 0.243 e. The highest BCUT2D eigenvalue weighted by molar-refractivity contribution is 7.89. The molecule has 1 amide bonds. The average Bonchev–Trinajstić information content (AvgIpc) is 3.29. The molecule has 182 valence electrons. The Balaban J connectivity index is 1.70. The number of aromatic nitrogens is 1. The van der Waals surface area contributed by atoms with Crippen LogP contribution in [0.2, 0.25) is 0 Å². The van der Waals surface area contributed by atoms with Crippen molar-refractivity contribution in [3.8, 4) is 17.1 Å². The Bertz CT molecular complexity index is 1260. The first-order chi connectivity index (χ1) is 16.2. The van der Waals surface area contributed by atoms with Crippen LogP contribution < -0.4 is 10.1 Å². The predicted octanol–water partition coefficient (Wildman–Crippen LogP) is 4.57. The number of nitrogens with zero attached hydrogens (tertiary/aromatic N) is 2. The maximum absolute atomic E-state index is 12.9. The van der Waals surface area contributed by atoms with Gasteiger partial charge >= 0.3 is 0 Å². The third kappa shape index (κ3) is 5.66. The van der Waals surface area contributed by atoms with Gasteiger partial charge in [-0.1, -0.05) is 26.0 Å². The lowest BCUT2D eigenvalue weighted by atomic mass is 10.1. The Kier molecular flexibility index (Phi) is 8.11. The molecule has 0 atom stereocenters. The lowest BCUT2D eigenvalue weighted by Gasteiger charge is -2.19. The molecule has 0 unspecified atom stereocenters. The second kappa shape index (κ2) is 10.8. The number of nitrogens with one attached hydrogen (secondary N) is 1. The second-order valence-corrected chi connectivity index (χ2v) is 9.85. The molecule has 3 aromatic rings. The molecule has 0 bridgehead atoms. The number of oxazole rings is 1. The van der Waals surface area contributed by atoms with Crippen molar-refractivity contribution in [2.45, 2.75) is 45.4 Å². The standard InChI is InChI=1S/C25H31N3O5S/c1-6-28(7-2)34(30,31)20-10-11-22(32-5)21(15-20)27-24(29)12-13-25-26-16-23(33-25)19-9-8-17(3)18(4)14-19/h8-11,14-16H,6-7,12-13H2,1-5H3,(H,27,29). The van der Waals surface area contributed by atoms with Crippen LogP contribution in [0.15, 0.2) is 51.9 Å². The Labute approximate surface area is 201 Å². The van der Waals surface area contributed by atoms with Crippen LogP contribution in [0.3, 0.4) is 0 Å². The summed E-state index contributed by atoms with van der Waals surface area (Å²) in [4.78, 5) is 17.0. The van der Waals surface area contributed by atoms with E-state index in [1.165, 1.54) is 35.2 Å². The number of amides is 1. The molecule has 8 nitrogen and oxygen atoms in total. The zero-order valence-electron chi connectivity index (χ0n) is 20.2. The molecule has 3 rings (SSSR count). The molecule has 0 saturated heterocycles. The summed E-state index contributed by atoms with van der Waals surface area (Å²) in [5.74, 6) is 1.17. The van der Waals surface area contributed by atoms with Crippen molar-refractivity contribution in [3.63, 3.8) is 0 Å². The van der Waals surface area contributed by atoms with E-state index >= 15 is 0 Å². The Hall–Kier alpha value is -3.17. The maximum atomic E-state index is 12.9. The van der Waals surface area contributed by atoms with E-state index < -0.39 is 10.0 Å². The van der Waals surface area contributed by atoms with Gasteiger partial charge in [-0.05, 0) is 49.2 Å². The van der Waals surface area contributed by atoms with Gasteiger partial charge in [0.1, 0.15) is 5.75 Å². The van der Waals surface area contributed by atoms with Crippen molar-refractivity contribution >= 4 is 21.6 Å². The van der Waals surface area contributed by atoms with Crippen molar-refractivity contribution in [1.29, 1.82) is 0 Å². The summed E-state index contributed by atoms with van der Waals surface area (Å²) in [6.07, 6.45) is 2.07. The van der Waals surface area contributed by atoms with Crippen LogP contribution in [0, 0.1) is 13.8 Å². The van der Waals surface area contributed by atoms with Crippen molar-refractivity contribution < 1.29 is 22.4 Å². The first-order valence-electron chi connectivity index (χ1n) is 11.2. The molecular formula is C25H31N3O5S. The quantitative estimate of drug-likeness (QED) is 0.451. The molecule has 0 aliphatic rings. The Morgan fingerprint density at radius 3 is 2.47 bits per heavy atom. The van der Waals surface area contributed by atoms with E-state index in [0.29, 0.717) is 42.6 Å². The van der Waals surface area contributed by atoms with Gasteiger partial charge in [0, 0.05) is 31.5 Å². The van der Waals surface area contributed by atoms with E-state index in [4.69, 9.17) is 9.15 Å². The molecule has 0 spiro atoms. The van der Waals surface area contributed by atoms with Crippen LogP contribution in [-0.4, -0.2) is 43.8 Å². The zero-order chi connectivity index (χ0) is 24.9. The van der Waals surface area contributed by atoms with Crippen molar-refractivity contribution in [2.75, 3.05) is 25.5 Å². The first-order valence-corrected chi connectivity index (χ1v) is 12.6. The van der Waals surface area contributed by atoms with Crippen molar-refractivity contribution in [1.82, 2.24) is 9.29 Å². The largest absolute Gasteiger partial charge is 0.495 e. The number of ether oxygens (including phenoxy) is 1. The van der Waals surface area contributed by atoms with Crippen LogP contribution in [-0.2, 0) is 21.2 Å². The van der Waals surface area contributed by atoms with Gasteiger partial charge < -0.3 is 14.5 Å². The van der Waals surface area contributed by atoms with Crippen LogP contribution in [0.5, 0.6) is 5.75 Å².